The van der Waals surface area contributed by atoms with E-state index in [-0.39, 0.29) is 18.0 Å². The van der Waals surface area contributed by atoms with Crippen molar-refractivity contribution in [3.8, 4) is 17.2 Å². The van der Waals surface area contributed by atoms with E-state index in [1.165, 1.54) is 18.2 Å². The van der Waals surface area contributed by atoms with E-state index in [9.17, 15) is 9.18 Å². The summed E-state index contributed by atoms with van der Waals surface area (Å²) in [6.07, 6.45) is -1.09. The molecular weight excluding hydrogens is 387 g/mol. The Hall–Kier alpha value is -3.38. The van der Waals surface area contributed by atoms with Crippen LogP contribution in [0.1, 0.15) is 27.6 Å². The van der Waals surface area contributed by atoms with Gasteiger partial charge in [0, 0.05) is 0 Å². The predicted octanol–water partition coefficient (Wildman–Crippen LogP) is 4.50. The molecular formula is C24H19FO5. The van der Waals surface area contributed by atoms with Gasteiger partial charge in [-0.2, -0.15) is 0 Å². The number of ketones is 1. The van der Waals surface area contributed by atoms with Gasteiger partial charge < -0.3 is 18.9 Å². The van der Waals surface area contributed by atoms with Crippen LogP contribution in [0.3, 0.4) is 0 Å². The third kappa shape index (κ3) is 3.74. The highest BCUT2D eigenvalue weighted by Gasteiger charge is 2.47. The minimum absolute atomic E-state index is 0.177. The summed E-state index contributed by atoms with van der Waals surface area (Å²) < 4.78 is 36.5. The molecule has 2 aliphatic heterocycles. The lowest BCUT2D eigenvalue weighted by Gasteiger charge is -2.18. The number of carbonyl (C=O) groups is 1. The summed E-state index contributed by atoms with van der Waals surface area (Å²) in [5.74, 6) is 0.842. The molecule has 5 rings (SSSR count). The molecule has 0 bridgehead atoms. The van der Waals surface area contributed by atoms with Crippen LogP contribution in [0.5, 0.6) is 17.2 Å². The first kappa shape index (κ1) is 18.6. The lowest BCUT2D eigenvalue weighted by atomic mass is 10.0. The summed E-state index contributed by atoms with van der Waals surface area (Å²) in [4.78, 5) is 13.0. The van der Waals surface area contributed by atoms with E-state index in [0.717, 1.165) is 11.1 Å². The Kier molecular flexibility index (Phi) is 4.85. The van der Waals surface area contributed by atoms with Gasteiger partial charge in [-0.1, -0.05) is 36.4 Å². The predicted molar refractivity (Wildman–Crippen MR) is 107 cm³/mol. The van der Waals surface area contributed by atoms with E-state index in [1.807, 2.05) is 48.5 Å². The van der Waals surface area contributed by atoms with Gasteiger partial charge in [-0.3, -0.25) is 4.79 Å². The van der Waals surface area contributed by atoms with E-state index >= 15 is 0 Å². The van der Waals surface area contributed by atoms with Gasteiger partial charge in [0.15, 0.2) is 23.4 Å². The second kappa shape index (κ2) is 7.80. The van der Waals surface area contributed by atoms with Gasteiger partial charge in [0.2, 0.25) is 0 Å². The average molecular weight is 406 g/mol. The fourth-order valence-electron chi connectivity index (χ4n) is 3.51. The van der Waals surface area contributed by atoms with Crippen molar-refractivity contribution in [2.45, 2.75) is 18.8 Å². The Balaban J connectivity index is 1.33. The highest BCUT2D eigenvalue weighted by atomic mass is 19.1. The molecule has 0 aliphatic carbocycles. The fraction of sp³-hybridized carbons (Fsp3) is 0.208. The molecule has 0 saturated carbocycles. The minimum atomic E-state index is -0.687. The highest BCUT2D eigenvalue weighted by Crippen LogP contribution is 2.44. The van der Waals surface area contributed by atoms with Gasteiger partial charge in [0.25, 0.3) is 0 Å². The van der Waals surface area contributed by atoms with Gasteiger partial charge in [-0.05, 0) is 41.5 Å². The molecule has 2 aliphatic rings. The van der Waals surface area contributed by atoms with Crippen molar-refractivity contribution in [2.24, 2.45) is 0 Å². The van der Waals surface area contributed by atoms with E-state index in [4.69, 9.17) is 18.9 Å². The lowest BCUT2D eigenvalue weighted by Crippen LogP contribution is -2.15. The van der Waals surface area contributed by atoms with Gasteiger partial charge in [0.1, 0.15) is 37.5 Å². The number of carbonyl (C=O) groups excluding carboxylic acids is 1. The van der Waals surface area contributed by atoms with E-state index in [0.29, 0.717) is 30.5 Å². The lowest BCUT2D eigenvalue weighted by molar-refractivity contribution is 0.0948. The SMILES string of the molecule is O=C(c1cc(F)ccc1OCc1ccccc1)[C@@H]1O[C@H]1c1ccc2c(c1)OCCO2. The Bertz CT molecular complexity index is 1080. The van der Waals surface area contributed by atoms with Crippen LogP contribution in [-0.4, -0.2) is 25.1 Å². The highest BCUT2D eigenvalue weighted by molar-refractivity contribution is 6.03. The van der Waals surface area contributed by atoms with Crippen molar-refractivity contribution in [2.75, 3.05) is 13.2 Å². The standard InChI is InChI=1S/C24H19FO5/c25-17-7-9-19(29-14-15-4-2-1-3-5-15)18(13-17)22(26)24-23(30-24)16-6-8-20-21(12-16)28-11-10-27-20/h1-9,12-13,23-24H,10-11,14H2/t23-,24-/m0/s1. The number of hydrogen-bond donors (Lipinski definition) is 0. The first-order valence-corrected chi connectivity index (χ1v) is 9.74. The molecule has 2 heterocycles. The molecule has 0 unspecified atom stereocenters. The maximum atomic E-state index is 13.9. The van der Waals surface area contributed by atoms with Crippen LogP contribution in [0.2, 0.25) is 0 Å². The molecule has 30 heavy (non-hydrogen) atoms. The van der Waals surface area contributed by atoms with Gasteiger partial charge >= 0.3 is 0 Å². The maximum absolute atomic E-state index is 13.9. The molecule has 3 aromatic carbocycles. The number of hydrogen-bond acceptors (Lipinski definition) is 5. The minimum Gasteiger partial charge on any atom is -0.488 e. The van der Waals surface area contributed by atoms with Crippen LogP contribution in [0.25, 0.3) is 0 Å². The van der Waals surface area contributed by atoms with Gasteiger partial charge in [-0.25, -0.2) is 4.39 Å². The summed E-state index contributed by atoms with van der Waals surface area (Å²) in [5, 5.41) is 0. The summed E-state index contributed by atoms with van der Waals surface area (Å²) in [6, 6.07) is 19.0. The van der Waals surface area contributed by atoms with Crippen LogP contribution in [0.4, 0.5) is 4.39 Å². The number of epoxide rings is 1. The molecule has 1 saturated heterocycles. The van der Waals surface area contributed by atoms with Crippen LogP contribution in [0.15, 0.2) is 66.7 Å². The summed E-state index contributed by atoms with van der Waals surface area (Å²) in [5.41, 5.74) is 1.95. The molecule has 0 spiro atoms. The number of rotatable bonds is 6. The summed E-state index contributed by atoms with van der Waals surface area (Å²) >= 11 is 0. The Morgan fingerprint density at radius 1 is 0.967 bits per heavy atom. The molecule has 5 nitrogen and oxygen atoms in total. The van der Waals surface area contributed by atoms with E-state index in [1.54, 1.807) is 0 Å². The monoisotopic (exact) mass is 406 g/mol. The summed E-state index contributed by atoms with van der Waals surface area (Å²) in [7, 11) is 0. The zero-order chi connectivity index (χ0) is 20.5. The topological polar surface area (TPSA) is 57.3 Å². The molecule has 0 amide bonds. The van der Waals surface area contributed by atoms with Gasteiger partial charge in [0.05, 0.1) is 5.56 Å². The maximum Gasteiger partial charge on any atom is 0.198 e. The molecule has 0 aromatic heterocycles. The Morgan fingerprint density at radius 3 is 2.60 bits per heavy atom. The normalized spacial score (nSPS) is 19.2. The van der Waals surface area contributed by atoms with Crippen molar-refractivity contribution in [1.82, 2.24) is 0 Å². The average Bonchev–Trinajstić information content (AvgIpc) is 3.59. The quantitative estimate of drug-likeness (QED) is 0.446. The third-order valence-electron chi connectivity index (χ3n) is 5.09. The van der Waals surface area contributed by atoms with Crippen molar-refractivity contribution < 1.29 is 28.1 Å². The smallest absolute Gasteiger partial charge is 0.198 e. The van der Waals surface area contributed by atoms with Gasteiger partial charge in [-0.15, -0.1) is 0 Å². The van der Waals surface area contributed by atoms with Crippen LogP contribution >= 0.6 is 0 Å². The van der Waals surface area contributed by atoms with Crippen molar-refractivity contribution >= 4 is 5.78 Å². The summed E-state index contributed by atoms with van der Waals surface area (Å²) in [6.45, 7) is 1.28. The number of benzene rings is 3. The van der Waals surface area contributed by atoms with E-state index in [2.05, 4.69) is 0 Å². The zero-order valence-corrected chi connectivity index (χ0v) is 16.0. The third-order valence-corrected chi connectivity index (χ3v) is 5.09. The molecule has 152 valence electrons. The Morgan fingerprint density at radius 2 is 1.77 bits per heavy atom. The van der Waals surface area contributed by atoms with Crippen molar-refractivity contribution in [3.63, 3.8) is 0 Å². The van der Waals surface area contributed by atoms with E-state index < -0.39 is 18.0 Å². The second-order valence-corrected chi connectivity index (χ2v) is 7.16. The largest absolute Gasteiger partial charge is 0.488 e. The molecule has 0 N–H and O–H groups in total. The molecule has 1 fully saturated rings. The fourth-order valence-corrected chi connectivity index (χ4v) is 3.51. The second-order valence-electron chi connectivity index (χ2n) is 7.16. The molecule has 2 atom stereocenters. The molecule has 0 radical (unpaired) electrons. The first-order chi connectivity index (χ1) is 14.7. The number of ether oxygens (including phenoxy) is 4. The number of Topliss-reactive ketones (excluding diaryl/α,β-unsaturated/α-hetero) is 1. The number of fused-ring (bicyclic) bond motifs is 1. The molecule has 6 heteroatoms. The van der Waals surface area contributed by atoms with Crippen LogP contribution in [-0.2, 0) is 11.3 Å². The van der Waals surface area contributed by atoms with Crippen molar-refractivity contribution in [3.05, 3.63) is 89.2 Å². The van der Waals surface area contributed by atoms with Crippen LogP contribution < -0.4 is 14.2 Å². The van der Waals surface area contributed by atoms with Crippen LogP contribution in [0, 0.1) is 5.82 Å². The Labute approximate surface area is 173 Å². The molecule has 3 aromatic rings. The zero-order valence-electron chi connectivity index (χ0n) is 16.0. The number of halogens is 1. The van der Waals surface area contributed by atoms with Crippen molar-refractivity contribution in [1.29, 1.82) is 0 Å². The first-order valence-electron chi connectivity index (χ1n) is 9.74.